The standard InChI is InChI=1S/C26H28ClN3O2S/c1-14-7-8-18(9-15(14)2)30-24(32)20(23(31)28-25(30)33)11-17-10-19-16(3)13-26(4,5)29(6)22(19)12-21(17)27/h7-12,16H,13H2,1-6H3,(H,28,31,33)/b20-11-. The lowest BCUT2D eigenvalue weighted by Gasteiger charge is -2.45. The van der Waals surface area contributed by atoms with E-state index in [-0.39, 0.29) is 16.2 Å². The first-order chi connectivity index (χ1) is 15.4. The number of anilines is 2. The summed E-state index contributed by atoms with van der Waals surface area (Å²) >= 11 is 12.0. The van der Waals surface area contributed by atoms with Crippen molar-refractivity contribution in [2.75, 3.05) is 16.8 Å². The van der Waals surface area contributed by atoms with Crippen molar-refractivity contribution >= 4 is 58.2 Å². The van der Waals surface area contributed by atoms with Gasteiger partial charge in [0.15, 0.2) is 5.11 Å². The van der Waals surface area contributed by atoms with Crippen molar-refractivity contribution < 1.29 is 9.59 Å². The third kappa shape index (κ3) is 4.06. The SMILES string of the molecule is Cc1ccc(N2C(=O)/C(=C\c3cc4c(cc3Cl)N(C)C(C)(C)CC4C)C(=O)NC2=S)cc1C. The highest BCUT2D eigenvalue weighted by molar-refractivity contribution is 7.80. The van der Waals surface area contributed by atoms with Crippen LogP contribution in [0.25, 0.3) is 6.08 Å². The molecule has 2 aliphatic heterocycles. The summed E-state index contributed by atoms with van der Waals surface area (Å²) in [6, 6.07) is 9.57. The van der Waals surface area contributed by atoms with Gasteiger partial charge in [-0.3, -0.25) is 19.8 Å². The predicted octanol–water partition coefficient (Wildman–Crippen LogP) is 5.51. The van der Waals surface area contributed by atoms with E-state index in [0.29, 0.717) is 22.2 Å². The van der Waals surface area contributed by atoms with E-state index in [9.17, 15) is 9.59 Å². The van der Waals surface area contributed by atoms with Crippen LogP contribution in [0.2, 0.25) is 5.02 Å². The van der Waals surface area contributed by atoms with E-state index in [1.54, 1.807) is 6.08 Å². The number of aryl methyl sites for hydroxylation is 2. The topological polar surface area (TPSA) is 52.7 Å². The van der Waals surface area contributed by atoms with Crippen molar-refractivity contribution in [3.05, 3.63) is 63.2 Å². The Kier molecular flexibility index (Phi) is 5.87. The van der Waals surface area contributed by atoms with Gasteiger partial charge in [0, 0.05) is 23.3 Å². The van der Waals surface area contributed by atoms with Crippen molar-refractivity contribution in [2.24, 2.45) is 0 Å². The minimum atomic E-state index is -0.523. The van der Waals surface area contributed by atoms with Crippen molar-refractivity contribution in [3.63, 3.8) is 0 Å². The highest BCUT2D eigenvalue weighted by atomic mass is 35.5. The summed E-state index contributed by atoms with van der Waals surface area (Å²) in [5.41, 5.74) is 5.63. The average Bonchev–Trinajstić information content (AvgIpc) is 2.72. The number of nitrogens with one attached hydrogen (secondary N) is 1. The van der Waals surface area contributed by atoms with Crippen LogP contribution in [-0.4, -0.2) is 29.5 Å². The molecule has 1 saturated heterocycles. The quantitative estimate of drug-likeness (QED) is 0.349. The molecule has 0 aromatic heterocycles. The molecular weight excluding hydrogens is 454 g/mol. The van der Waals surface area contributed by atoms with E-state index >= 15 is 0 Å². The first-order valence-electron chi connectivity index (χ1n) is 11.0. The van der Waals surface area contributed by atoms with Gasteiger partial charge in [-0.25, -0.2) is 0 Å². The molecule has 1 atom stereocenters. The maximum atomic E-state index is 13.4. The Morgan fingerprint density at radius 3 is 2.52 bits per heavy atom. The summed E-state index contributed by atoms with van der Waals surface area (Å²) < 4.78 is 0. The zero-order chi connectivity index (χ0) is 24.2. The van der Waals surface area contributed by atoms with Crippen molar-refractivity contribution in [2.45, 2.75) is 52.5 Å². The number of halogens is 1. The van der Waals surface area contributed by atoms with Crippen LogP contribution >= 0.6 is 23.8 Å². The van der Waals surface area contributed by atoms with E-state index in [2.05, 4.69) is 38.0 Å². The lowest BCUT2D eigenvalue weighted by atomic mass is 9.80. The molecule has 4 rings (SSSR count). The van der Waals surface area contributed by atoms with Gasteiger partial charge >= 0.3 is 0 Å². The Labute approximate surface area is 205 Å². The van der Waals surface area contributed by atoms with E-state index in [1.165, 1.54) is 4.90 Å². The second kappa shape index (κ2) is 8.26. The van der Waals surface area contributed by atoms with Crippen LogP contribution in [0.15, 0.2) is 35.9 Å². The van der Waals surface area contributed by atoms with Crippen LogP contribution in [-0.2, 0) is 9.59 Å². The lowest BCUT2D eigenvalue weighted by Crippen LogP contribution is -2.54. The highest BCUT2D eigenvalue weighted by Crippen LogP contribution is 2.44. The van der Waals surface area contributed by atoms with Crippen LogP contribution in [0.5, 0.6) is 0 Å². The van der Waals surface area contributed by atoms with Gasteiger partial charge in [0.05, 0.1) is 5.69 Å². The number of hydrogen-bond donors (Lipinski definition) is 1. The van der Waals surface area contributed by atoms with Gasteiger partial charge in [-0.05, 0) is 105 Å². The normalized spacial score (nSPS) is 21.4. The second-order valence-corrected chi connectivity index (χ2v) is 10.4. The van der Waals surface area contributed by atoms with Crippen molar-refractivity contribution in [1.82, 2.24) is 5.32 Å². The fraction of sp³-hybridized carbons (Fsp3) is 0.346. The van der Waals surface area contributed by atoms with Crippen LogP contribution < -0.4 is 15.1 Å². The molecule has 7 heteroatoms. The molecule has 0 bridgehead atoms. The third-order valence-electron chi connectivity index (χ3n) is 6.90. The zero-order valence-electron chi connectivity index (χ0n) is 19.7. The van der Waals surface area contributed by atoms with Gasteiger partial charge in [0.1, 0.15) is 5.57 Å². The first kappa shape index (κ1) is 23.5. The molecule has 33 heavy (non-hydrogen) atoms. The molecule has 0 spiro atoms. The number of carbonyl (C=O) groups is 2. The molecule has 2 aromatic rings. The summed E-state index contributed by atoms with van der Waals surface area (Å²) in [4.78, 5) is 29.8. The number of hydrogen-bond acceptors (Lipinski definition) is 4. The van der Waals surface area contributed by atoms with Gasteiger partial charge < -0.3 is 4.90 Å². The number of benzene rings is 2. The number of rotatable bonds is 2. The second-order valence-electron chi connectivity index (χ2n) is 9.64. The number of amides is 2. The van der Waals surface area contributed by atoms with Crippen LogP contribution in [0, 0.1) is 13.8 Å². The summed E-state index contributed by atoms with van der Waals surface area (Å²) in [6.07, 6.45) is 2.56. The minimum Gasteiger partial charge on any atom is -0.369 e. The Balaban J connectivity index is 1.77. The molecule has 172 valence electrons. The predicted molar refractivity (Wildman–Crippen MR) is 139 cm³/mol. The Hall–Kier alpha value is -2.70. The van der Waals surface area contributed by atoms with Crippen LogP contribution in [0.4, 0.5) is 11.4 Å². The van der Waals surface area contributed by atoms with Gasteiger partial charge in [-0.2, -0.15) is 0 Å². The molecule has 2 amide bonds. The van der Waals surface area contributed by atoms with Gasteiger partial charge in [-0.1, -0.05) is 24.6 Å². The van der Waals surface area contributed by atoms with Gasteiger partial charge in [-0.15, -0.1) is 0 Å². The Morgan fingerprint density at radius 2 is 1.85 bits per heavy atom. The van der Waals surface area contributed by atoms with E-state index in [1.807, 2.05) is 44.2 Å². The molecule has 2 aromatic carbocycles. The van der Waals surface area contributed by atoms with E-state index < -0.39 is 11.8 Å². The van der Waals surface area contributed by atoms with Gasteiger partial charge in [0.25, 0.3) is 11.8 Å². The zero-order valence-corrected chi connectivity index (χ0v) is 21.3. The molecule has 2 heterocycles. The maximum absolute atomic E-state index is 13.4. The van der Waals surface area contributed by atoms with Crippen molar-refractivity contribution in [3.8, 4) is 0 Å². The number of thiocarbonyl (C=S) groups is 1. The first-order valence-corrected chi connectivity index (χ1v) is 11.8. The largest absolute Gasteiger partial charge is 0.369 e. The fourth-order valence-electron chi connectivity index (χ4n) is 4.63. The molecule has 1 N–H and O–H groups in total. The molecule has 1 fully saturated rings. The third-order valence-corrected chi connectivity index (χ3v) is 7.51. The minimum absolute atomic E-state index is 0.000764. The van der Waals surface area contributed by atoms with E-state index in [0.717, 1.165) is 28.8 Å². The molecule has 0 saturated carbocycles. The van der Waals surface area contributed by atoms with Crippen LogP contribution in [0.1, 0.15) is 55.4 Å². The van der Waals surface area contributed by atoms with Gasteiger partial charge in [0.2, 0.25) is 0 Å². The highest BCUT2D eigenvalue weighted by Gasteiger charge is 2.36. The average molecular weight is 482 g/mol. The van der Waals surface area contributed by atoms with Crippen LogP contribution in [0.3, 0.4) is 0 Å². The smallest absolute Gasteiger partial charge is 0.270 e. The summed E-state index contributed by atoms with van der Waals surface area (Å²) in [7, 11) is 2.07. The molecule has 1 unspecified atom stereocenters. The number of carbonyl (C=O) groups excluding carboxylic acids is 2. The molecule has 2 aliphatic rings. The van der Waals surface area contributed by atoms with E-state index in [4.69, 9.17) is 23.8 Å². The fourth-order valence-corrected chi connectivity index (χ4v) is 5.12. The molecule has 5 nitrogen and oxygen atoms in total. The number of fused-ring (bicyclic) bond motifs is 1. The lowest BCUT2D eigenvalue weighted by molar-refractivity contribution is -0.122. The Morgan fingerprint density at radius 1 is 1.15 bits per heavy atom. The molecule has 0 aliphatic carbocycles. The molecular formula is C26H28ClN3O2S. The summed E-state index contributed by atoms with van der Waals surface area (Å²) in [6.45, 7) is 10.6. The summed E-state index contributed by atoms with van der Waals surface area (Å²) in [5.74, 6) is -0.673. The van der Waals surface area contributed by atoms with Crippen molar-refractivity contribution in [1.29, 1.82) is 0 Å². The summed E-state index contributed by atoms with van der Waals surface area (Å²) in [5, 5.41) is 3.21. The monoisotopic (exact) mass is 481 g/mol. The number of nitrogens with zero attached hydrogens (tertiary/aromatic N) is 2. The maximum Gasteiger partial charge on any atom is 0.270 e. The molecule has 0 radical (unpaired) electrons. The Bertz CT molecular complexity index is 1230.